The van der Waals surface area contributed by atoms with Crippen LogP contribution in [0.25, 0.3) is 0 Å². The van der Waals surface area contributed by atoms with Crippen LogP contribution in [0.1, 0.15) is 35.1 Å². The average Bonchev–Trinajstić information content (AvgIpc) is 3.16. The molecule has 7 nitrogen and oxygen atoms in total. The predicted molar refractivity (Wildman–Crippen MR) is 63.8 cm³/mol. The van der Waals surface area contributed by atoms with Gasteiger partial charge >= 0.3 is 5.97 Å². The van der Waals surface area contributed by atoms with Crippen LogP contribution in [-0.4, -0.2) is 31.3 Å². The molecular weight excluding hydrogens is 267 g/mol. The second-order valence-corrected chi connectivity index (χ2v) is 4.51. The van der Waals surface area contributed by atoms with Gasteiger partial charge in [-0.05, 0) is 41.5 Å². The average molecular weight is 278 g/mol. The van der Waals surface area contributed by atoms with E-state index in [9.17, 15) is 9.18 Å². The molecule has 3 rings (SSSR count). The normalized spacial score (nSPS) is 14.2. The Labute approximate surface area is 113 Å². The molecule has 0 radical (unpaired) electrons. The van der Waals surface area contributed by atoms with Crippen LogP contribution in [0.5, 0.6) is 5.75 Å². The molecule has 0 spiro atoms. The number of aromatic nitrogens is 4. The maximum Gasteiger partial charge on any atom is 0.339 e. The molecule has 2 aromatic rings. The van der Waals surface area contributed by atoms with Crippen LogP contribution in [0.15, 0.2) is 18.2 Å². The van der Waals surface area contributed by atoms with Crippen molar-refractivity contribution in [2.24, 2.45) is 0 Å². The SMILES string of the molecule is O=C(O)c1cc(F)ccc1OCc1nnnn1C1CC1. The Kier molecular flexibility index (Phi) is 3.05. The van der Waals surface area contributed by atoms with Gasteiger partial charge in [0.1, 0.15) is 23.7 Å². The zero-order valence-corrected chi connectivity index (χ0v) is 10.4. The molecule has 0 aliphatic heterocycles. The summed E-state index contributed by atoms with van der Waals surface area (Å²) in [4.78, 5) is 11.0. The largest absolute Gasteiger partial charge is 0.485 e. The van der Waals surface area contributed by atoms with Crippen LogP contribution in [0.4, 0.5) is 4.39 Å². The molecule has 104 valence electrons. The Morgan fingerprint density at radius 1 is 1.50 bits per heavy atom. The first-order chi connectivity index (χ1) is 9.65. The van der Waals surface area contributed by atoms with Crippen LogP contribution < -0.4 is 4.74 Å². The number of halogens is 1. The Balaban J connectivity index is 1.78. The second-order valence-electron chi connectivity index (χ2n) is 4.51. The maximum atomic E-state index is 13.0. The van der Waals surface area contributed by atoms with Crippen LogP contribution in [0.3, 0.4) is 0 Å². The van der Waals surface area contributed by atoms with Crippen molar-refractivity contribution in [2.45, 2.75) is 25.5 Å². The highest BCUT2D eigenvalue weighted by molar-refractivity contribution is 5.90. The number of carboxylic acid groups (broad SMARTS) is 1. The third-order valence-electron chi connectivity index (χ3n) is 2.98. The summed E-state index contributed by atoms with van der Waals surface area (Å²) >= 11 is 0. The van der Waals surface area contributed by atoms with Crippen molar-refractivity contribution in [3.8, 4) is 5.75 Å². The summed E-state index contributed by atoms with van der Waals surface area (Å²) in [6.07, 6.45) is 2.05. The quantitative estimate of drug-likeness (QED) is 0.889. The Bertz CT molecular complexity index is 654. The van der Waals surface area contributed by atoms with E-state index in [1.165, 1.54) is 6.07 Å². The summed E-state index contributed by atoms with van der Waals surface area (Å²) in [5.41, 5.74) is -0.226. The van der Waals surface area contributed by atoms with E-state index in [-0.39, 0.29) is 17.9 Å². The number of aromatic carboxylic acids is 1. The lowest BCUT2D eigenvalue weighted by atomic mass is 10.2. The number of carbonyl (C=O) groups is 1. The van der Waals surface area contributed by atoms with Crippen molar-refractivity contribution in [3.05, 3.63) is 35.4 Å². The number of hydrogen-bond acceptors (Lipinski definition) is 5. The van der Waals surface area contributed by atoms with Gasteiger partial charge in [-0.3, -0.25) is 0 Å². The van der Waals surface area contributed by atoms with Gasteiger partial charge in [-0.15, -0.1) is 5.10 Å². The van der Waals surface area contributed by atoms with Gasteiger partial charge in [-0.2, -0.15) is 0 Å². The van der Waals surface area contributed by atoms with Crippen LogP contribution in [0, 0.1) is 5.82 Å². The molecule has 1 aliphatic carbocycles. The molecule has 1 heterocycles. The van der Waals surface area contributed by atoms with Gasteiger partial charge < -0.3 is 9.84 Å². The fourth-order valence-electron chi connectivity index (χ4n) is 1.85. The molecule has 0 amide bonds. The molecule has 1 aromatic heterocycles. The molecule has 1 fully saturated rings. The fraction of sp³-hybridized carbons (Fsp3) is 0.333. The highest BCUT2D eigenvalue weighted by atomic mass is 19.1. The molecule has 1 aromatic carbocycles. The molecular formula is C12H11FN4O3. The zero-order valence-electron chi connectivity index (χ0n) is 10.4. The lowest BCUT2D eigenvalue weighted by Gasteiger charge is -2.09. The Morgan fingerprint density at radius 2 is 2.30 bits per heavy atom. The molecule has 8 heteroatoms. The van der Waals surface area contributed by atoms with Gasteiger partial charge in [0.15, 0.2) is 5.82 Å². The van der Waals surface area contributed by atoms with Crippen molar-refractivity contribution >= 4 is 5.97 Å². The molecule has 20 heavy (non-hydrogen) atoms. The van der Waals surface area contributed by atoms with E-state index in [0.29, 0.717) is 11.9 Å². The van der Waals surface area contributed by atoms with E-state index < -0.39 is 11.8 Å². The van der Waals surface area contributed by atoms with Crippen LogP contribution in [0.2, 0.25) is 0 Å². The minimum Gasteiger partial charge on any atom is -0.485 e. The van der Waals surface area contributed by atoms with E-state index in [1.54, 1.807) is 4.68 Å². The van der Waals surface area contributed by atoms with Gasteiger partial charge in [0.05, 0.1) is 6.04 Å². The number of benzene rings is 1. The third kappa shape index (κ3) is 2.44. The molecule has 1 saturated carbocycles. The zero-order chi connectivity index (χ0) is 14.1. The predicted octanol–water partition coefficient (Wildman–Crippen LogP) is 1.42. The van der Waals surface area contributed by atoms with Crippen molar-refractivity contribution < 1.29 is 19.0 Å². The summed E-state index contributed by atoms with van der Waals surface area (Å²) in [5.74, 6) is -1.27. The first-order valence-electron chi connectivity index (χ1n) is 6.07. The summed E-state index contributed by atoms with van der Waals surface area (Å²) in [5, 5.41) is 20.3. The third-order valence-corrected chi connectivity index (χ3v) is 2.98. The lowest BCUT2D eigenvalue weighted by Crippen LogP contribution is -2.09. The molecule has 0 atom stereocenters. The smallest absolute Gasteiger partial charge is 0.339 e. The molecule has 0 bridgehead atoms. The molecule has 0 unspecified atom stereocenters. The van der Waals surface area contributed by atoms with E-state index in [2.05, 4.69) is 15.5 Å². The number of hydrogen-bond donors (Lipinski definition) is 1. The van der Waals surface area contributed by atoms with Crippen molar-refractivity contribution in [1.29, 1.82) is 0 Å². The first-order valence-corrected chi connectivity index (χ1v) is 6.07. The van der Waals surface area contributed by atoms with Crippen molar-refractivity contribution in [2.75, 3.05) is 0 Å². The van der Waals surface area contributed by atoms with E-state index >= 15 is 0 Å². The number of ether oxygens (including phenoxy) is 1. The summed E-state index contributed by atoms with van der Waals surface area (Å²) < 4.78 is 20.1. The van der Waals surface area contributed by atoms with Crippen molar-refractivity contribution in [3.63, 3.8) is 0 Å². The monoisotopic (exact) mass is 278 g/mol. The van der Waals surface area contributed by atoms with Gasteiger partial charge in [-0.1, -0.05) is 0 Å². The van der Waals surface area contributed by atoms with Gasteiger partial charge in [0.25, 0.3) is 0 Å². The Hall–Kier alpha value is -2.51. The maximum absolute atomic E-state index is 13.0. The number of carboxylic acids is 1. The van der Waals surface area contributed by atoms with Crippen LogP contribution >= 0.6 is 0 Å². The summed E-state index contributed by atoms with van der Waals surface area (Å²) in [7, 11) is 0. The molecule has 0 saturated heterocycles. The summed E-state index contributed by atoms with van der Waals surface area (Å²) in [6, 6.07) is 3.65. The minimum atomic E-state index is -1.25. The highest BCUT2D eigenvalue weighted by Gasteiger charge is 2.28. The molecule has 1 aliphatic rings. The first kappa shape index (κ1) is 12.5. The highest BCUT2D eigenvalue weighted by Crippen LogP contribution is 2.34. The van der Waals surface area contributed by atoms with Gasteiger partial charge in [0.2, 0.25) is 0 Å². The van der Waals surface area contributed by atoms with Gasteiger partial charge in [-0.25, -0.2) is 13.9 Å². The summed E-state index contributed by atoms with van der Waals surface area (Å²) in [6.45, 7) is 0.0371. The van der Waals surface area contributed by atoms with E-state index in [0.717, 1.165) is 25.0 Å². The lowest BCUT2D eigenvalue weighted by molar-refractivity contribution is 0.0691. The topological polar surface area (TPSA) is 90.1 Å². The van der Waals surface area contributed by atoms with Crippen molar-refractivity contribution in [1.82, 2.24) is 20.2 Å². The standard InChI is InChI=1S/C12H11FN4O3/c13-7-1-4-10(9(5-7)12(18)19)20-6-11-14-15-16-17(11)8-2-3-8/h1,4-5,8H,2-3,6H2,(H,18,19). The van der Waals surface area contributed by atoms with Gasteiger partial charge in [0, 0.05) is 0 Å². The second kappa shape index (κ2) is 4.87. The van der Waals surface area contributed by atoms with E-state index in [1.807, 2.05) is 0 Å². The fourth-order valence-corrected chi connectivity index (χ4v) is 1.85. The molecule has 1 N–H and O–H groups in total. The Morgan fingerprint density at radius 3 is 3.00 bits per heavy atom. The van der Waals surface area contributed by atoms with E-state index in [4.69, 9.17) is 9.84 Å². The minimum absolute atomic E-state index is 0.0371. The number of tetrazole rings is 1. The number of rotatable bonds is 5. The number of nitrogens with zero attached hydrogens (tertiary/aromatic N) is 4. The van der Waals surface area contributed by atoms with Crippen LogP contribution in [-0.2, 0) is 6.61 Å².